The van der Waals surface area contributed by atoms with E-state index >= 15 is 0 Å². The third-order valence-electron chi connectivity index (χ3n) is 3.72. The maximum absolute atomic E-state index is 11.4. The minimum Gasteiger partial charge on any atom is -0.497 e. The van der Waals surface area contributed by atoms with Crippen LogP contribution in [-0.2, 0) is 4.79 Å². The highest BCUT2D eigenvalue weighted by Gasteiger charge is 2.14. The molecular weight excluding hydrogens is 306 g/mol. The summed E-state index contributed by atoms with van der Waals surface area (Å²) in [6.45, 7) is 0.513. The van der Waals surface area contributed by atoms with Crippen molar-refractivity contribution in [3.8, 4) is 17.0 Å². The number of benzene rings is 1. The molecule has 1 aromatic carbocycles. The van der Waals surface area contributed by atoms with Crippen molar-refractivity contribution >= 4 is 17.4 Å². The number of ether oxygens (including phenoxy) is 1. The molecule has 3 aromatic rings. The number of carbonyl (C=O) groups excluding carboxylic acids is 1. The molecular formula is C17H19N5O2. The number of anilines is 1. The van der Waals surface area contributed by atoms with E-state index in [1.807, 2.05) is 34.9 Å². The summed E-state index contributed by atoms with van der Waals surface area (Å²) in [5.41, 5.74) is 2.51. The van der Waals surface area contributed by atoms with Crippen LogP contribution in [-0.4, -0.2) is 41.0 Å². The Morgan fingerprint density at radius 3 is 2.79 bits per heavy atom. The zero-order chi connectivity index (χ0) is 16.9. The average Bonchev–Trinajstić information content (AvgIpc) is 3.00. The van der Waals surface area contributed by atoms with Crippen LogP contribution >= 0.6 is 0 Å². The Balaban J connectivity index is 1.96. The molecule has 0 radical (unpaired) electrons. The van der Waals surface area contributed by atoms with Crippen molar-refractivity contribution in [3.05, 3.63) is 42.9 Å². The minimum absolute atomic E-state index is 0.0102. The summed E-state index contributed by atoms with van der Waals surface area (Å²) in [6.07, 6.45) is 5.64. The van der Waals surface area contributed by atoms with Gasteiger partial charge in [-0.25, -0.2) is 4.98 Å². The fourth-order valence-electron chi connectivity index (χ4n) is 2.45. The quantitative estimate of drug-likeness (QED) is 0.724. The number of aromatic nitrogens is 3. The van der Waals surface area contributed by atoms with Gasteiger partial charge in [0.15, 0.2) is 5.65 Å². The Kier molecular flexibility index (Phi) is 4.60. The fraction of sp³-hybridized carbons (Fsp3) is 0.235. The molecule has 7 heteroatoms. The lowest BCUT2D eigenvalue weighted by molar-refractivity contribution is -0.120. The summed E-state index contributed by atoms with van der Waals surface area (Å²) in [5, 5.41) is 5.93. The first kappa shape index (κ1) is 15.8. The van der Waals surface area contributed by atoms with E-state index in [0.29, 0.717) is 13.0 Å². The lowest BCUT2D eigenvalue weighted by atomic mass is 10.1. The number of amides is 1. The van der Waals surface area contributed by atoms with E-state index in [1.165, 1.54) is 0 Å². The van der Waals surface area contributed by atoms with Gasteiger partial charge in [-0.05, 0) is 24.3 Å². The lowest BCUT2D eigenvalue weighted by Gasteiger charge is -2.09. The number of hydrogen-bond acceptors (Lipinski definition) is 5. The van der Waals surface area contributed by atoms with Gasteiger partial charge in [0, 0.05) is 38.0 Å². The number of fused-ring (bicyclic) bond motifs is 1. The molecule has 0 bridgehead atoms. The maximum atomic E-state index is 11.4. The first-order valence-corrected chi connectivity index (χ1v) is 7.64. The average molecular weight is 325 g/mol. The van der Waals surface area contributed by atoms with Crippen molar-refractivity contribution in [2.45, 2.75) is 6.42 Å². The van der Waals surface area contributed by atoms with Crippen LogP contribution in [0.4, 0.5) is 5.82 Å². The Bertz CT molecular complexity index is 842. The minimum atomic E-state index is -0.0102. The molecule has 0 saturated heterocycles. The predicted molar refractivity (Wildman–Crippen MR) is 92.1 cm³/mol. The van der Waals surface area contributed by atoms with Crippen LogP contribution in [0.2, 0.25) is 0 Å². The largest absolute Gasteiger partial charge is 0.497 e. The predicted octanol–water partition coefficient (Wildman–Crippen LogP) is 1.95. The highest BCUT2D eigenvalue weighted by Crippen LogP contribution is 2.29. The maximum Gasteiger partial charge on any atom is 0.221 e. The molecule has 0 aliphatic carbocycles. The second-order valence-electron chi connectivity index (χ2n) is 5.19. The fourth-order valence-corrected chi connectivity index (χ4v) is 2.45. The van der Waals surface area contributed by atoms with Gasteiger partial charge in [0.2, 0.25) is 5.91 Å². The van der Waals surface area contributed by atoms with E-state index in [2.05, 4.69) is 20.6 Å². The first-order valence-electron chi connectivity index (χ1n) is 7.64. The van der Waals surface area contributed by atoms with Crippen molar-refractivity contribution < 1.29 is 9.53 Å². The van der Waals surface area contributed by atoms with Gasteiger partial charge in [0.25, 0.3) is 0 Å². The summed E-state index contributed by atoms with van der Waals surface area (Å²) in [6, 6.07) is 7.70. The van der Waals surface area contributed by atoms with Crippen LogP contribution in [0.5, 0.6) is 5.75 Å². The van der Waals surface area contributed by atoms with E-state index < -0.39 is 0 Å². The molecule has 0 fully saturated rings. The second kappa shape index (κ2) is 6.99. The van der Waals surface area contributed by atoms with Gasteiger partial charge in [-0.1, -0.05) is 0 Å². The Hall–Kier alpha value is -3.09. The molecule has 0 aliphatic heterocycles. The van der Waals surface area contributed by atoms with Crippen LogP contribution in [0, 0.1) is 0 Å². The van der Waals surface area contributed by atoms with Gasteiger partial charge in [0.05, 0.1) is 13.3 Å². The number of carbonyl (C=O) groups is 1. The van der Waals surface area contributed by atoms with Gasteiger partial charge in [-0.2, -0.15) is 0 Å². The normalized spacial score (nSPS) is 10.6. The number of imidazole rings is 1. The second-order valence-corrected chi connectivity index (χ2v) is 5.19. The molecule has 0 unspecified atom stereocenters. The number of nitrogens with zero attached hydrogens (tertiary/aromatic N) is 3. The summed E-state index contributed by atoms with van der Waals surface area (Å²) in [4.78, 5) is 20.2. The molecule has 0 saturated carbocycles. The van der Waals surface area contributed by atoms with Crippen LogP contribution < -0.4 is 15.4 Å². The number of hydrogen-bond donors (Lipinski definition) is 2. The topological polar surface area (TPSA) is 80.5 Å². The summed E-state index contributed by atoms with van der Waals surface area (Å²) in [7, 11) is 3.27. The monoisotopic (exact) mass is 325 g/mol. The summed E-state index contributed by atoms with van der Waals surface area (Å²) >= 11 is 0. The van der Waals surface area contributed by atoms with Crippen molar-refractivity contribution in [2.24, 2.45) is 0 Å². The lowest BCUT2D eigenvalue weighted by Crippen LogP contribution is -2.21. The van der Waals surface area contributed by atoms with E-state index in [-0.39, 0.29) is 5.91 Å². The van der Waals surface area contributed by atoms with E-state index in [4.69, 9.17) is 4.74 Å². The SMILES string of the molecule is CNC(=O)CCNc1c(-c2ccc(OC)cc2)nc2cnccn12. The number of nitrogens with one attached hydrogen (secondary N) is 2. The van der Waals surface area contributed by atoms with E-state index in [0.717, 1.165) is 28.5 Å². The number of rotatable bonds is 6. The first-order chi connectivity index (χ1) is 11.7. The molecule has 124 valence electrons. The molecule has 2 aromatic heterocycles. The van der Waals surface area contributed by atoms with Gasteiger partial charge in [-0.15, -0.1) is 0 Å². The Morgan fingerprint density at radius 1 is 1.29 bits per heavy atom. The van der Waals surface area contributed by atoms with E-state index in [9.17, 15) is 4.79 Å². The third kappa shape index (κ3) is 3.15. The number of methoxy groups -OCH3 is 1. The van der Waals surface area contributed by atoms with Crippen LogP contribution in [0.3, 0.4) is 0 Å². The van der Waals surface area contributed by atoms with Crippen molar-refractivity contribution in [1.29, 1.82) is 0 Å². The van der Waals surface area contributed by atoms with Gasteiger partial charge >= 0.3 is 0 Å². The van der Waals surface area contributed by atoms with Gasteiger partial charge in [0.1, 0.15) is 17.3 Å². The van der Waals surface area contributed by atoms with Gasteiger partial charge in [-0.3, -0.25) is 14.2 Å². The smallest absolute Gasteiger partial charge is 0.221 e. The molecule has 1 amide bonds. The van der Waals surface area contributed by atoms with Crippen molar-refractivity contribution in [1.82, 2.24) is 19.7 Å². The zero-order valence-electron chi connectivity index (χ0n) is 13.6. The summed E-state index contributed by atoms with van der Waals surface area (Å²) in [5.74, 6) is 1.61. The van der Waals surface area contributed by atoms with Crippen LogP contribution in [0.15, 0.2) is 42.9 Å². The van der Waals surface area contributed by atoms with Crippen LogP contribution in [0.25, 0.3) is 16.9 Å². The van der Waals surface area contributed by atoms with E-state index in [1.54, 1.807) is 26.6 Å². The highest BCUT2D eigenvalue weighted by molar-refractivity contribution is 5.78. The molecule has 2 N–H and O–H groups in total. The molecule has 24 heavy (non-hydrogen) atoms. The molecule has 3 rings (SSSR count). The summed E-state index contributed by atoms with van der Waals surface area (Å²) < 4.78 is 7.13. The standard InChI is InChI=1S/C17H19N5O2/c1-18-15(23)7-8-20-17-16(12-3-5-13(24-2)6-4-12)21-14-11-19-9-10-22(14)17/h3-6,9-11,20H,7-8H2,1-2H3,(H,18,23). The Morgan fingerprint density at radius 2 is 2.08 bits per heavy atom. The van der Waals surface area contributed by atoms with Crippen molar-refractivity contribution in [2.75, 3.05) is 26.0 Å². The molecule has 0 spiro atoms. The third-order valence-corrected chi connectivity index (χ3v) is 3.72. The molecule has 0 aliphatic rings. The molecule has 7 nitrogen and oxygen atoms in total. The molecule has 2 heterocycles. The van der Waals surface area contributed by atoms with Gasteiger partial charge < -0.3 is 15.4 Å². The highest BCUT2D eigenvalue weighted by atomic mass is 16.5. The molecule has 0 atom stereocenters. The zero-order valence-corrected chi connectivity index (χ0v) is 13.6. The van der Waals surface area contributed by atoms with Crippen LogP contribution in [0.1, 0.15) is 6.42 Å². The van der Waals surface area contributed by atoms with Crippen molar-refractivity contribution in [3.63, 3.8) is 0 Å². The Labute approximate surface area is 139 Å².